The second-order valence-electron chi connectivity index (χ2n) is 5.87. The van der Waals surface area contributed by atoms with Crippen molar-refractivity contribution >= 4 is 23.4 Å². The average Bonchev–Trinajstić information content (AvgIpc) is 2.70. The SMILES string of the molecule is COc1cccc(Sc2ccccc2CNCCOc2ccc(Cl)cc2)c1. The molecular weight excluding hydrogens is 378 g/mol. The molecule has 0 spiro atoms. The summed E-state index contributed by atoms with van der Waals surface area (Å²) in [5.74, 6) is 1.70. The van der Waals surface area contributed by atoms with Crippen LogP contribution in [0.25, 0.3) is 0 Å². The van der Waals surface area contributed by atoms with Crippen molar-refractivity contribution in [2.45, 2.75) is 16.3 Å². The number of ether oxygens (including phenoxy) is 2. The van der Waals surface area contributed by atoms with E-state index in [4.69, 9.17) is 21.1 Å². The van der Waals surface area contributed by atoms with Crippen molar-refractivity contribution in [2.75, 3.05) is 20.3 Å². The highest BCUT2D eigenvalue weighted by molar-refractivity contribution is 7.99. The molecule has 27 heavy (non-hydrogen) atoms. The van der Waals surface area contributed by atoms with Gasteiger partial charge in [0.1, 0.15) is 18.1 Å². The summed E-state index contributed by atoms with van der Waals surface area (Å²) in [6.07, 6.45) is 0. The number of methoxy groups -OCH3 is 1. The van der Waals surface area contributed by atoms with Gasteiger partial charge in [-0.15, -0.1) is 0 Å². The van der Waals surface area contributed by atoms with Crippen LogP contribution < -0.4 is 14.8 Å². The molecule has 3 nitrogen and oxygen atoms in total. The van der Waals surface area contributed by atoms with Crippen LogP contribution in [-0.4, -0.2) is 20.3 Å². The van der Waals surface area contributed by atoms with Crippen molar-refractivity contribution in [2.24, 2.45) is 0 Å². The van der Waals surface area contributed by atoms with E-state index in [1.54, 1.807) is 18.9 Å². The van der Waals surface area contributed by atoms with Crippen LogP contribution in [0.2, 0.25) is 5.02 Å². The zero-order chi connectivity index (χ0) is 18.9. The number of nitrogens with one attached hydrogen (secondary N) is 1. The van der Waals surface area contributed by atoms with Crippen molar-refractivity contribution in [3.63, 3.8) is 0 Å². The van der Waals surface area contributed by atoms with Crippen molar-refractivity contribution in [1.29, 1.82) is 0 Å². The fourth-order valence-electron chi connectivity index (χ4n) is 2.54. The molecule has 0 unspecified atom stereocenters. The number of rotatable bonds is 9. The highest BCUT2D eigenvalue weighted by atomic mass is 35.5. The number of halogens is 1. The summed E-state index contributed by atoms with van der Waals surface area (Å²) in [6, 6.07) is 23.9. The van der Waals surface area contributed by atoms with Gasteiger partial charge in [0.05, 0.1) is 7.11 Å². The maximum atomic E-state index is 5.88. The van der Waals surface area contributed by atoms with E-state index in [0.717, 1.165) is 29.5 Å². The maximum Gasteiger partial charge on any atom is 0.119 e. The van der Waals surface area contributed by atoms with E-state index in [1.165, 1.54) is 10.5 Å². The highest BCUT2D eigenvalue weighted by Gasteiger charge is 2.05. The molecule has 3 aromatic carbocycles. The van der Waals surface area contributed by atoms with Crippen LogP contribution in [0.15, 0.2) is 82.6 Å². The van der Waals surface area contributed by atoms with Crippen LogP contribution >= 0.6 is 23.4 Å². The van der Waals surface area contributed by atoms with Gasteiger partial charge in [0, 0.05) is 27.9 Å². The van der Waals surface area contributed by atoms with Crippen LogP contribution in [0, 0.1) is 0 Å². The Balaban J connectivity index is 1.50. The lowest BCUT2D eigenvalue weighted by Gasteiger charge is -2.11. The van der Waals surface area contributed by atoms with E-state index in [-0.39, 0.29) is 0 Å². The minimum absolute atomic E-state index is 0.604. The van der Waals surface area contributed by atoms with Crippen LogP contribution in [0.3, 0.4) is 0 Å². The quantitative estimate of drug-likeness (QED) is 0.470. The first-order valence-electron chi connectivity index (χ1n) is 8.73. The van der Waals surface area contributed by atoms with Crippen molar-refractivity contribution in [1.82, 2.24) is 5.32 Å². The summed E-state index contributed by atoms with van der Waals surface area (Å²) in [4.78, 5) is 2.39. The van der Waals surface area contributed by atoms with Gasteiger partial charge in [-0.1, -0.05) is 47.6 Å². The third kappa shape index (κ3) is 6.21. The number of hydrogen-bond donors (Lipinski definition) is 1. The lowest BCUT2D eigenvalue weighted by molar-refractivity contribution is 0.313. The van der Waals surface area contributed by atoms with Gasteiger partial charge in [-0.2, -0.15) is 0 Å². The van der Waals surface area contributed by atoms with Crippen molar-refractivity contribution in [3.8, 4) is 11.5 Å². The normalized spacial score (nSPS) is 10.6. The Morgan fingerprint density at radius 3 is 2.56 bits per heavy atom. The largest absolute Gasteiger partial charge is 0.497 e. The standard InChI is InChI=1S/C22H22ClNO2S/c1-25-20-6-4-7-21(15-20)27-22-8-3-2-5-17(22)16-24-13-14-26-19-11-9-18(23)10-12-19/h2-12,15,24H,13-14,16H2,1H3. The van der Waals surface area contributed by atoms with Gasteiger partial charge in [-0.3, -0.25) is 0 Å². The van der Waals surface area contributed by atoms with Crippen LogP contribution in [0.1, 0.15) is 5.56 Å². The predicted molar refractivity (Wildman–Crippen MR) is 112 cm³/mol. The Bertz CT molecular complexity index is 855. The average molecular weight is 400 g/mol. The second-order valence-corrected chi connectivity index (χ2v) is 7.42. The molecule has 0 bridgehead atoms. The van der Waals surface area contributed by atoms with Crippen molar-refractivity contribution < 1.29 is 9.47 Å². The lowest BCUT2D eigenvalue weighted by atomic mass is 10.2. The Morgan fingerprint density at radius 2 is 1.74 bits per heavy atom. The minimum atomic E-state index is 0.604. The van der Waals surface area contributed by atoms with Crippen LogP contribution in [0.4, 0.5) is 0 Å². The van der Waals surface area contributed by atoms with E-state index in [0.29, 0.717) is 11.6 Å². The molecule has 0 atom stereocenters. The van der Waals surface area contributed by atoms with E-state index in [1.807, 2.05) is 36.4 Å². The minimum Gasteiger partial charge on any atom is -0.497 e. The molecule has 140 valence electrons. The maximum absolute atomic E-state index is 5.88. The van der Waals surface area contributed by atoms with Crippen LogP contribution in [0.5, 0.6) is 11.5 Å². The molecule has 0 saturated carbocycles. The zero-order valence-corrected chi connectivity index (χ0v) is 16.7. The van der Waals surface area contributed by atoms with E-state index < -0.39 is 0 Å². The fourth-order valence-corrected chi connectivity index (χ4v) is 3.66. The number of hydrogen-bond acceptors (Lipinski definition) is 4. The lowest BCUT2D eigenvalue weighted by Crippen LogP contribution is -2.20. The molecule has 0 fully saturated rings. The van der Waals surface area contributed by atoms with Gasteiger partial charge < -0.3 is 14.8 Å². The molecule has 0 heterocycles. The summed E-state index contributed by atoms with van der Waals surface area (Å²) in [5, 5.41) is 4.16. The van der Waals surface area contributed by atoms with Crippen molar-refractivity contribution in [3.05, 3.63) is 83.4 Å². The van der Waals surface area contributed by atoms with Gasteiger partial charge in [-0.05, 0) is 54.1 Å². The summed E-state index contributed by atoms with van der Waals surface area (Å²) >= 11 is 7.62. The van der Waals surface area contributed by atoms with Gasteiger partial charge in [0.25, 0.3) is 0 Å². The fraction of sp³-hybridized carbons (Fsp3) is 0.182. The van der Waals surface area contributed by atoms with Gasteiger partial charge in [-0.25, -0.2) is 0 Å². The molecule has 0 saturated heterocycles. The molecule has 3 aromatic rings. The molecule has 5 heteroatoms. The monoisotopic (exact) mass is 399 g/mol. The summed E-state index contributed by atoms with van der Waals surface area (Å²) in [6.45, 7) is 2.16. The zero-order valence-electron chi connectivity index (χ0n) is 15.2. The van der Waals surface area contributed by atoms with Crippen LogP contribution in [-0.2, 0) is 6.54 Å². The Hall–Kier alpha value is -2.14. The molecule has 0 aliphatic carbocycles. The van der Waals surface area contributed by atoms with E-state index in [2.05, 4.69) is 41.7 Å². The predicted octanol–water partition coefficient (Wildman–Crippen LogP) is 5.67. The number of benzene rings is 3. The second kappa shape index (κ2) is 10.3. The third-order valence-corrected chi connectivity index (χ3v) is 5.28. The van der Waals surface area contributed by atoms with Gasteiger partial charge in [0.2, 0.25) is 0 Å². The molecule has 1 N–H and O–H groups in total. The van der Waals surface area contributed by atoms with Gasteiger partial charge >= 0.3 is 0 Å². The third-order valence-electron chi connectivity index (χ3n) is 3.92. The summed E-state index contributed by atoms with van der Waals surface area (Å²) < 4.78 is 11.0. The topological polar surface area (TPSA) is 30.5 Å². The molecule has 0 aliphatic heterocycles. The highest BCUT2D eigenvalue weighted by Crippen LogP contribution is 2.32. The van der Waals surface area contributed by atoms with E-state index >= 15 is 0 Å². The Labute approximate surface area is 169 Å². The molecular formula is C22H22ClNO2S. The smallest absolute Gasteiger partial charge is 0.119 e. The first kappa shape index (κ1) is 19.6. The Kier molecular flexibility index (Phi) is 7.45. The molecule has 0 radical (unpaired) electrons. The molecule has 0 aliphatic rings. The molecule has 0 amide bonds. The summed E-state index contributed by atoms with van der Waals surface area (Å²) in [5.41, 5.74) is 1.26. The van der Waals surface area contributed by atoms with E-state index in [9.17, 15) is 0 Å². The van der Waals surface area contributed by atoms with Gasteiger partial charge in [0.15, 0.2) is 0 Å². The molecule has 0 aromatic heterocycles. The first-order valence-corrected chi connectivity index (χ1v) is 9.93. The summed E-state index contributed by atoms with van der Waals surface area (Å²) in [7, 11) is 1.69. The Morgan fingerprint density at radius 1 is 0.926 bits per heavy atom. The molecule has 3 rings (SSSR count). The first-order chi connectivity index (χ1) is 13.2.